The Balaban J connectivity index is 0.000000437. The molecule has 98 valence electrons. The molecule has 17 heavy (non-hydrogen) atoms. The predicted molar refractivity (Wildman–Crippen MR) is 64.0 cm³/mol. The fourth-order valence-electron chi connectivity index (χ4n) is 0.840. The predicted octanol–water partition coefficient (Wildman–Crippen LogP) is 0.584. The van der Waals surface area contributed by atoms with E-state index >= 15 is 0 Å². The van der Waals surface area contributed by atoms with Gasteiger partial charge in [0, 0.05) is 0 Å². The van der Waals surface area contributed by atoms with Crippen LogP contribution in [0.2, 0.25) is 0 Å². The summed E-state index contributed by atoms with van der Waals surface area (Å²) in [6.07, 6.45) is 0. The van der Waals surface area contributed by atoms with Crippen LogP contribution in [0.15, 0.2) is 30.3 Å². The largest absolute Gasteiger partial charge is 0.485 e. The maximum atomic E-state index is 8.97. The molecule has 0 heterocycles. The zero-order valence-corrected chi connectivity index (χ0v) is 10.5. The average Bonchev–Trinajstić information content (AvgIpc) is 2.16. The van der Waals surface area contributed by atoms with E-state index in [9.17, 15) is 0 Å². The summed E-state index contributed by atoms with van der Waals surface area (Å²) >= 11 is 0. The van der Waals surface area contributed by atoms with Crippen molar-refractivity contribution in [3.8, 4) is 5.75 Å². The van der Waals surface area contributed by atoms with E-state index in [-0.39, 0.29) is 6.61 Å². The molecule has 1 rings (SSSR count). The molecule has 0 amide bonds. The van der Waals surface area contributed by atoms with Crippen LogP contribution in [-0.2, 0) is 10.3 Å². The molecule has 0 radical (unpaired) electrons. The van der Waals surface area contributed by atoms with E-state index in [2.05, 4.69) is 5.14 Å². The molecule has 0 aromatic heterocycles. The van der Waals surface area contributed by atoms with Gasteiger partial charge >= 0.3 is 10.3 Å². The zero-order valence-electron chi connectivity index (χ0n) is 9.70. The summed E-state index contributed by atoms with van der Waals surface area (Å²) in [6.45, 7) is 3.71. The number of rotatable bonds is 3. The van der Waals surface area contributed by atoms with Crippen LogP contribution in [0.3, 0.4) is 0 Å². The maximum Gasteiger partial charge on any atom is 0.330 e. The van der Waals surface area contributed by atoms with Gasteiger partial charge in [0.2, 0.25) is 0 Å². The lowest BCUT2D eigenvalue weighted by molar-refractivity contribution is 0.0412. The smallest absolute Gasteiger partial charge is 0.330 e. The molecule has 0 spiro atoms. The maximum absolute atomic E-state index is 8.97. The van der Waals surface area contributed by atoms with Gasteiger partial charge in [0.25, 0.3) is 0 Å². The van der Waals surface area contributed by atoms with Crippen molar-refractivity contribution in [3.63, 3.8) is 0 Å². The fourth-order valence-corrected chi connectivity index (χ4v) is 0.840. The SMILES string of the molecule is CC(C)(CO)Oc1ccccc1.NS(=O)(=O)O. The Bertz CT molecular complexity index is 408. The van der Waals surface area contributed by atoms with Gasteiger partial charge in [-0.05, 0) is 26.0 Å². The summed E-state index contributed by atoms with van der Waals surface area (Å²) in [4.78, 5) is 0. The number of benzene rings is 1. The number of aliphatic hydroxyl groups is 1. The fraction of sp³-hybridized carbons (Fsp3) is 0.400. The Labute approximate surface area is 101 Å². The molecule has 6 nitrogen and oxygen atoms in total. The standard InChI is InChI=1S/C10H14O2.H3NO3S/c1-10(2,8-11)12-9-6-4-3-5-7-9;1-5(2,3)4/h3-7,11H,8H2,1-2H3;(H3,1,2,3,4). The third-order valence-electron chi connectivity index (χ3n) is 1.52. The Kier molecular flexibility index (Phi) is 6.11. The molecule has 0 aliphatic rings. The lowest BCUT2D eigenvalue weighted by atomic mass is 10.1. The highest BCUT2D eigenvalue weighted by molar-refractivity contribution is 7.83. The summed E-state index contributed by atoms with van der Waals surface area (Å²) in [6, 6.07) is 9.49. The topological polar surface area (TPSA) is 110 Å². The lowest BCUT2D eigenvalue weighted by Gasteiger charge is -2.23. The highest BCUT2D eigenvalue weighted by Gasteiger charge is 2.17. The van der Waals surface area contributed by atoms with E-state index in [1.54, 1.807) is 0 Å². The van der Waals surface area contributed by atoms with Crippen molar-refractivity contribution in [2.75, 3.05) is 6.61 Å². The van der Waals surface area contributed by atoms with E-state index in [1.807, 2.05) is 44.2 Å². The van der Waals surface area contributed by atoms with Crippen molar-refractivity contribution in [3.05, 3.63) is 30.3 Å². The van der Waals surface area contributed by atoms with Crippen molar-refractivity contribution < 1.29 is 22.8 Å². The number of hydrogen-bond donors (Lipinski definition) is 3. The van der Waals surface area contributed by atoms with E-state index in [4.69, 9.17) is 22.8 Å². The molecule has 4 N–H and O–H groups in total. The lowest BCUT2D eigenvalue weighted by Crippen LogP contribution is -2.32. The van der Waals surface area contributed by atoms with Gasteiger partial charge in [-0.15, -0.1) is 0 Å². The Morgan fingerprint density at radius 2 is 1.71 bits per heavy atom. The average molecular weight is 263 g/mol. The molecule has 0 aliphatic carbocycles. The highest BCUT2D eigenvalue weighted by atomic mass is 32.2. The van der Waals surface area contributed by atoms with Gasteiger partial charge in [0.15, 0.2) is 0 Å². The van der Waals surface area contributed by atoms with Crippen LogP contribution >= 0.6 is 0 Å². The monoisotopic (exact) mass is 263 g/mol. The van der Waals surface area contributed by atoms with Crippen molar-refractivity contribution in [2.24, 2.45) is 5.14 Å². The van der Waals surface area contributed by atoms with Crippen LogP contribution in [0.5, 0.6) is 5.75 Å². The first kappa shape index (κ1) is 15.9. The molecule has 7 heteroatoms. The molecule has 0 fully saturated rings. The van der Waals surface area contributed by atoms with Gasteiger partial charge in [0.05, 0.1) is 6.61 Å². The number of para-hydroxylation sites is 1. The van der Waals surface area contributed by atoms with Gasteiger partial charge in [-0.3, -0.25) is 4.55 Å². The first-order chi connectivity index (χ1) is 7.64. The Morgan fingerprint density at radius 3 is 2.06 bits per heavy atom. The van der Waals surface area contributed by atoms with Crippen LogP contribution in [0.4, 0.5) is 0 Å². The van der Waals surface area contributed by atoms with E-state index in [0.29, 0.717) is 0 Å². The minimum absolute atomic E-state index is 0.0158. The van der Waals surface area contributed by atoms with Crippen molar-refractivity contribution >= 4 is 10.3 Å². The minimum atomic E-state index is -4.17. The third-order valence-corrected chi connectivity index (χ3v) is 1.52. The quantitative estimate of drug-likeness (QED) is 0.691. The van der Waals surface area contributed by atoms with Crippen LogP contribution in [0, 0.1) is 0 Å². The Morgan fingerprint density at radius 1 is 1.29 bits per heavy atom. The van der Waals surface area contributed by atoms with Crippen LogP contribution in [-0.4, -0.2) is 30.3 Å². The zero-order chi connectivity index (χ0) is 13.5. The summed E-state index contributed by atoms with van der Waals surface area (Å²) in [7, 11) is -4.17. The number of ether oxygens (including phenoxy) is 1. The minimum Gasteiger partial charge on any atom is -0.485 e. The van der Waals surface area contributed by atoms with Crippen LogP contribution < -0.4 is 9.88 Å². The van der Waals surface area contributed by atoms with E-state index in [1.165, 1.54) is 0 Å². The normalized spacial score (nSPS) is 11.4. The Hall–Kier alpha value is -1.15. The van der Waals surface area contributed by atoms with Crippen molar-refractivity contribution in [2.45, 2.75) is 19.4 Å². The molecule has 0 atom stereocenters. The number of aliphatic hydroxyl groups excluding tert-OH is 1. The van der Waals surface area contributed by atoms with Crippen LogP contribution in [0.25, 0.3) is 0 Å². The van der Waals surface area contributed by atoms with E-state index < -0.39 is 15.9 Å². The van der Waals surface area contributed by atoms with Gasteiger partial charge in [-0.2, -0.15) is 8.42 Å². The summed E-state index contributed by atoms with van der Waals surface area (Å²) in [5, 5.41) is 12.8. The summed E-state index contributed by atoms with van der Waals surface area (Å²) in [5.74, 6) is 0.788. The van der Waals surface area contributed by atoms with Gasteiger partial charge in [0.1, 0.15) is 11.4 Å². The molecule has 1 aromatic carbocycles. The van der Waals surface area contributed by atoms with Crippen molar-refractivity contribution in [1.82, 2.24) is 0 Å². The molecular weight excluding hydrogens is 246 g/mol. The first-order valence-electron chi connectivity index (χ1n) is 4.74. The summed E-state index contributed by atoms with van der Waals surface area (Å²) in [5.41, 5.74) is -0.499. The van der Waals surface area contributed by atoms with Gasteiger partial charge < -0.3 is 9.84 Å². The van der Waals surface area contributed by atoms with Gasteiger partial charge in [-0.25, -0.2) is 5.14 Å². The number of nitrogens with two attached hydrogens (primary N) is 1. The second-order valence-corrected chi connectivity index (χ2v) is 4.88. The molecule has 0 saturated heterocycles. The van der Waals surface area contributed by atoms with Crippen molar-refractivity contribution in [1.29, 1.82) is 0 Å². The number of hydrogen-bond acceptors (Lipinski definition) is 4. The molecule has 0 bridgehead atoms. The highest BCUT2D eigenvalue weighted by Crippen LogP contribution is 2.16. The van der Waals surface area contributed by atoms with Gasteiger partial charge in [-0.1, -0.05) is 18.2 Å². The second-order valence-electron chi connectivity index (χ2n) is 3.85. The van der Waals surface area contributed by atoms with Crippen LogP contribution in [0.1, 0.15) is 13.8 Å². The molecule has 0 aliphatic heterocycles. The molecule has 1 aromatic rings. The third kappa shape index (κ3) is 11.1. The molecule has 0 saturated carbocycles. The molecular formula is C10H17NO5S. The second kappa shape index (κ2) is 6.55. The molecule has 0 unspecified atom stereocenters. The summed E-state index contributed by atoms with van der Waals surface area (Å²) < 4.78 is 30.7. The first-order valence-corrected chi connectivity index (χ1v) is 6.24. The van der Waals surface area contributed by atoms with E-state index in [0.717, 1.165) is 5.75 Å².